The second-order valence-corrected chi connectivity index (χ2v) is 3.82. The fourth-order valence-electron chi connectivity index (χ4n) is 1.64. The standard InChI is InChI=1S/C12H13NO/c1-8(2)7-10-9-5-3-4-6-11(9)13-12(10)14/h3-8H,1-2H3,(H,13,14)/b10-7+. The summed E-state index contributed by atoms with van der Waals surface area (Å²) in [7, 11) is 0. The normalized spacial score (nSPS) is 17.4. The monoisotopic (exact) mass is 187 g/mol. The van der Waals surface area contributed by atoms with E-state index >= 15 is 0 Å². The summed E-state index contributed by atoms with van der Waals surface area (Å²) in [6.45, 7) is 4.14. The lowest BCUT2D eigenvalue weighted by Crippen LogP contribution is -2.04. The zero-order valence-corrected chi connectivity index (χ0v) is 8.37. The Morgan fingerprint density at radius 3 is 2.71 bits per heavy atom. The van der Waals surface area contributed by atoms with Crippen LogP contribution < -0.4 is 5.32 Å². The Kier molecular flexibility index (Phi) is 2.12. The fraction of sp³-hybridized carbons (Fsp3) is 0.250. The largest absolute Gasteiger partial charge is 0.321 e. The van der Waals surface area contributed by atoms with Gasteiger partial charge in [0.15, 0.2) is 0 Å². The van der Waals surface area contributed by atoms with Gasteiger partial charge in [0, 0.05) is 16.8 Å². The minimum atomic E-state index is 0.0138. The van der Waals surface area contributed by atoms with E-state index in [2.05, 4.69) is 19.2 Å². The minimum absolute atomic E-state index is 0.0138. The first-order valence-corrected chi connectivity index (χ1v) is 4.81. The van der Waals surface area contributed by atoms with Crippen molar-refractivity contribution in [1.82, 2.24) is 0 Å². The SMILES string of the molecule is CC(C)/C=C1/C(=O)Nc2ccccc21. The highest BCUT2D eigenvalue weighted by molar-refractivity contribution is 6.31. The van der Waals surface area contributed by atoms with E-state index in [1.165, 1.54) is 0 Å². The number of hydrogen-bond donors (Lipinski definition) is 1. The number of hydrogen-bond acceptors (Lipinski definition) is 1. The summed E-state index contributed by atoms with van der Waals surface area (Å²) in [5, 5.41) is 2.85. The third-order valence-corrected chi connectivity index (χ3v) is 2.21. The van der Waals surface area contributed by atoms with Gasteiger partial charge in [-0.1, -0.05) is 38.1 Å². The average molecular weight is 187 g/mol. The van der Waals surface area contributed by atoms with E-state index < -0.39 is 0 Å². The van der Waals surface area contributed by atoms with Gasteiger partial charge in [0.1, 0.15) is 0 Å². The van der Waals surface area contributed by atoms with Crippen LogP contribution in [-0.4, -0.2) is 5.91 Å². The Morgan fingerprint density at radius 2 is 2.00 bits per heavy atom. The minimum Gasteiger partial charge on any atom is -0.321 e. The maximum Gasteiger partial charge on any atom is 0.256 e. The predicted molar refractivity (Wildman–Crippen MR) is 57.9 cm³/mol. The van der Waals surface area contributed by atoms with Crippen LogP contribution in [0.5, 0.6) is 0 Å². The van der Waals surface area contributed by atoms with E-state index in [0.29, 0.717) is 5.92 Å². The fourth-order valence-corrected chi connectivity index (χ4v) is 1.64. The molecule has 0 bridgehead atoms. The molecule has 2 rings (SSSR count). The second kappa shape index (κ2) is 3.29. The molecule has 72 valence electrons. The topological polar surface area (TPSA) is 29.1 Å². The van der Waals surface area contributed by atoms with Gasteiger partial charge in [0.25, 0.3) is 5.91 Å². The van der Waals surface area contributed by atoms with Gasteiger partial charge in [-0.25, -0.2) is 0 Å². The molecule has 0 saturated heterocycles. The highest BCUT2D eigenvalue weighted by atomic mass is 16.1. The van der Waals surface area contributed by atoms with Crippen molar-refractivity contribution in [2.45, 2.75) is 13.8 Å². The molecule has 0 atom stereocenters. The van der Waals surface area contributed by atoms with Crippen LogP contribution in [0.4, 0.5) is 5.69 Å². The van der Waals surface area contributed by atoms with Gasteiger partial charge >= 0.3 is 0 Å². The maximum atomic E-state index is 11.6. The summed E-state index contributed by atoms with van der Waals surface area (Å²) in [6, 6.07) is 7.78. The highest BCUT2D eigenvalue weighted by Gasteiger charge is 2.22. The number of carbonyl (C=O) groups is 1. The van der Waals surface area contributed by atoms with Crippen LogP contribution in [0.3, 0.4) is 0 Å². The van der Waals surface area contributed by atoms with Crippen molar-refractivity contribution in [3.63, 3.8) is 0 Å². The molecule has 0 spiro atoms. The van der Waals surface area contributed by atoms with Crippen LogP contribution in [0.15, 0.2) is 30.3 Å². The molecule has 0 aliphatic carbocycles. The van der Waals surface area contributed by atoms with Gasteiger partial charge in [-0.15, -0.1) is 0 Å². The van der Waals surface area contributed by atoms with Crippen LogP contribution in [-0.2, 0) is 4.79 Å². The van der Waals surface area contributed by atoms with Crippen molar-refractivity contribution in [2.24, 2.45) is 5.92 Å². The molecule has 0 unspecified atom stereocenters. The zero-order valence-electron chi connectivity index (χ0n) is 8.37. The summed E-state index contributed by atoms with van der Waals surface area (Å²) in [4.78, 5) is 11.6. The Hall–Kier alpha value is -1.57. The van der Waals surface area contributed by atoms with Gasteiger partial charge in [-0.3, -0.25) is 4.79 Å². The molecule has 1 heterocycles. The molecule has 1 aliphatic heterocycles. The highest BCUT2D eigenvalue weighted by Crippen LogP contribution is 2.31. The molecular formula is C12H13NO. The Labute approximate surface area is 83.6 Å². The van der Waals surface area contributed by atoms with Gasteiger partial charge < -0.3 is 5.32 Å². The van der Waals surface area contributed by atoms with Gasteiger partial charge in [0.05, 0.1) is 0 Å². The smallest absolute Gasteiger partial charge is 0.256 e. The van der Waals surface area contributed by atoms with Gasteiger partial charge in [-0.05, 0) is 12.0 Å². The van der Waals surface area contributed by atoms with Crippen molar-refractivity contribution < 1.29 is 4.79 Å². The number of carbonyl (C=O) groups excluding carboxylic acids is 1. The lowest BCUT2D eigenvalue weighted by atomic mass is 10.0. The van der Waals surface area contributed by atoms with Crippen molar-refractivity contribution >= 4 is 17.2 Å². The molecule has 0 saturated carbocycles. The predicted octanol–water partition coefficient (Wildman–Crippen LogP) is 2.68. The molecular weight excluding hydrogens is 174 g/mol. The first-order chi connectivity index (χ1) is 6.68. The molecule has 2 nitrogen and oxygen atoms in total. The third-order valence-electron chi connectivity index (χ3n) is 2.21. The molecule has 0 radical (unpaired) electrons. The lowest BCUT2D eigenvalue weighted by Gasteiger charge is -1.99. The van der Waals surface area contributed by atoms with Crippen LogP contribution in [0.25, 0.3) is 5.57 Å². The Bertz CT molecular complexity index is 405. The zero-order chi connectivity index (χ0) is 10.1. The van der Waals surface area contributed by atoms with E-state index in [0.717, 1.165) is 16.8 Å². The molecule has 1 N–H and O–H groups in total. The van der Waals surface area contributed by atoms with Gasteiger partial charge in [-0.2, -0.15) is 0 Å². The van der Waals surface area contributed by atoms with E-state index in [1.54, 1.807) is 0 Å². The number of amides is 1. The average Bonchev–Trinajstić information content (AvgIpc) is 2.43. The summed E-state index contributed by atoms with van der Waals surface area (Å²) in [5.41, 5.74) is 2.74. The number of para-hydroxylation sites is 1. The van der Waals surface area contributed by atoms with Crippen LogP contribution >= 0.6 is 0 Å². The number of benzene rings is 1. The number of rotatable bonds is 1. The molecule has 1 aliphatic rings. The summed E-state index contributed by atoms with van der Waals surface area (Å²) in [5.74, 6) is 0.404. The van der Waals surface area contributed by atoms with Crippen molar-refractivity contribution in [3.05, 3.63) is 35.9 Å². The van der Waals surface area contributed by atoms with Crippen LogP contribution in [0, 0.1) is 5.92 Å². The molecule has 0 aromatic heterocycles. The van der Waals surface area contributed by atoms with Crippen molar-refractivity contribution in [3.8, 4) is 0 Å². The number of allylic oxidation sites excluding steroid dienone is 1. The van der Waals surface area contributed by atoms with E-state index in [4.69, 9.17) is 0 Å². The molecule has 14 heavy (non-hydrogen) atoms. The number of nitrogens with one attached hydrogen (secondary N) is 1. The lowest BCUT2D eigenvalue weighted by molar-refractivity contribution is -0.110. The van der Waals surface area contributed by atoms with E-state index in [1.807, 2.05) is 30.3 Å². The summed E-state index contributed by atoms with van der Waals surface area (Å²) < 4.78 is 0. The van der Waals surface area contributed by atoms with Crippen molar-refractivity contribution in [2.75, 3.05) is 5.32 Å². The van der Waals surface area contributed by atoms with Crippen molar-refractivity contribution in [1.29, 1.82) is 0 Å². The molecule has 1 aromatic carbocycles. The second-order valence-electron chi connectivity index (χ2n) is 3.82. The number of fused-ring (bicyclic) bond motifs is 1. The first-order valence-electron chi connectivity index (χ1n) is 4.81. The molecule has 1 amide bonds. The summed E-state index contributed by atoms with van der Waals surface area (Å²) >= 11 is 0. The Morgan fingerprint density at radius 1 is 1.29 bits per heavy atom. The molecule has 2 heteroatoms. The molecule has 1 aromatic rings. The first kappa shape index (κ1) is 9.00. The van der Waals surface area contributed by atoms with Gasteiger partial charge in [0.2, 0.25) is 0 Å². The van der Waals surface area contributed by atoms with Crippen LogP contribution in [0.1, 0.15) is 19.4 Å². The van der Waals surface area contributed by atoms with E-state index in [-0.39, 0.29) is 5.91 Å². The third kappa shape index (κ3) is 1.43. The Balaban J connectivity index is 2.50. The quantitative estimate of drug-likeness (QED) is 0.673. The molecule has 0 fully saturated rings. The van der Waals surface area contributed by atoms with E-state index in [9.17, 15) is 4.79 Å². The van der Waals surface area contributed by atoms with Crippen LogP contribution in [0.2, 0.25) is 0 Å². The maximum absolute atomic E-state index is 11.6. The summed E-state index contributed by atoms with van der Waals surface area (Å²) in [6.07, 6.45) is 2.00. The number of anilines is 1.